The molecule has 0 aliphatic heterocycles. The number of hydrogen-bond acceptors (Lipinski definition) is 1. The van der Waals surface area contributed by atoms with E-state index in [0.717, 1.165) is 16.8 Å². The number of carbonyl (C=O) groups excluding carboxylic acids is 1. The normalized spacial score (nSPS) is 10.8. The van der Waals surface area contributed by atoms with Crippen LogP contribution in [0.25, 0.3) is 6.08 Å². The van der Waals surface area contributed by atoms with E-state index in [1.807, 2.05) is 32.0 Å². The number of rotatable bonds is 3. The van der Waals surface area contributed by atoms with Crippen molar-refractivity contribution in [2.75, 3.05) is 5.32 Å². The quantitative estimate of drug-likeness (QED) is 0.835. The van der Waals surface area contributed by atoms with Crippen LogP contribution in [0, 0.1) is 19.7 Å². The van der Waals surface area contributed by atoms with Crippen LogP contribution < -0.4 is 5.32 Å². The van der Waals surface area contributed by atoms with Gasteiger partial charge in [-0.15, -0.1) is 0 Å². The first kappa shape index (κ1) is 14.0. The summed E-state index contributed by atoms with van der Waals surface area (Å²) in [7, 11) is 0. The van der Waals surface area contributed by atoms with Crippen LogP contribution in [-0.4, -0.2) is 5.91 Å². The van der Waals surface area contributed by atoms with Gasteiger partial charge in [-0.25, -0.2) is 4.39 Å². The molecule has 2 aromatic carbocycles. The summed E-state index contributed by atoms with van der Waals surface area (Å²) in [6.07, 6.45) is 2.80. The van der Waals surface area contributed by atoms with Crippen molar-refractivity contribution in [1.29, 1.82) is 0 Å². The van der Waals surface area contributed by atoms with E-state index in [1.165, 1.54) is 18.2 Å². The molecule has 0 spiro atoms. The number of anilines is 1. The molecule has 0 saturated heterocycles. The van der Waals surface area contributed by atoms with Crippen LogP contribution in [-0.2, 0) is 4.79 Å². The van der Waals surface area contributed by atoms with Gasteiger partial charge in [-0.05, 0) is 49.2 Å². The molecule has 0 atom stereocenters. The van der Waals surface area contributed by atoms with Gasteiger partial charge in [0, 0.05) is 17.3 Å². The van der Waals surface area contributed by atoms with Gasteiger partial charge in [0.15, 0.2) is 0 Å². The van der Waals surface area contributed by atoms with Crippen molar-refractivity contribution < 1.29 is 9.18 Å². The molecule has 0 heterocycles. The van der Waals surface area contributed by atoms with E-state index in [-0.39, 0.29) is 11.7 Å². The summed E-state index contributed by atoms with van der Waals surface area (Å²) >= 11 is 0. The van der Waals surface area contributed by atoms with Crippen molar-refractivity contribution in [3.63, 3.8) is 0 Å². The van der Waals surface area contributed by atoms with Crippen molar-refractivity contribution in [3.05, 3.63) is 71.0 Å². The third-order valence-electron chi connectivity index (χ3n) is 2.81. The molecule has 0 aliphatic rings. The molecule has 0 aromatic heterocycles. The predicted octanol–water partition coefficient (Wildman–Crippen LogP) is 4.09. The molecule has 0 bridgehead atoms. The third kappa shape index (κ3) is 3.79. The van der Waals surface area contributed by atoms with E-state index in [9.17, 15) is 9.18 Å². The van der Waals surface area contributed by atoms with Gasteiger partial charge in [-0.3, -0.25) is 4.79 Å². The van der Waals surface area contributed by atoms with E-state index < -0.39 is 0 Å². The first-order valence-corrected chi connectivity index (χ1v) is 6.36. The highest BCUT2D eigenvalue weighted by atomic mass is 19.1. The molecule has 1 N–H and O–H groups in total. The van der Waals surface area contributed by atoms with Gasteiger partial charge in [0.1, 0.15) is 5.82 Å². The van der Waals surface area contributed by atoms with E-state index in [0.29, 0.717) is 5.56 Å². The van der Waals surface area contributed by atoms with Gasteiger partial charge in [0.2, 0.25) is 5.91 Å². The Kier molecular flexibility index (Phi) is 4.31. The Balaban J connectivity index is 2.07. The maximum absolute atomic E-state index is 13.4. The van der Waals surface area contributed by atoms with Crippen LogP contribution in [0.15, 0.2) is 48.5 Å². The lowest BCUT2D eigenvalue weighted by Gasteiger charge is -2.05. The second-order valence-corrected chi connectivity index (χ2v) is 4.72. The lowest BCUT2D eigenvalue weighted by Crippen LogP contribution is -2.08. The molecule has 0 fully saturated rings. The highest BCUT2D eigenvalue weighted by Crippen LogP contribution is 2.14. The fourth-order valence-corrected chi connectivity index (χ4v) is 2.01. The third-order valence-corrected chi connectivity index (χ3v) is 2.81. The van der Waals surface area contributed by atoms with Crippen molar-refractivity contribution in [3.8, 4) is 0 Å². The van der Waals surface area contributed by atoms with E-state index in [1.54, 1.807) is 18.2 Å². The minimum absolute atomic E-state index is 0.279. The smallest absolute Gasteiger partial charge is 0.248 e. The topological polar surface area (TPSA) is 29.1 Å². The summed E-state index contributed by atoms with van der Waals surface area (Å²) in [5, 5.41) is 2.77. The zero-order valence-electron chi connectivity index (χ0n) is 11.5. The molecular weight excluding hydrogens is 253 g/mol. The number of hydrogen-bond donors (Lipinski definition) is 1. The summed E-state index contributed by atoms with van der Waals surface area (Å²) in [5.74, 6) is -0.624. The zero-order chi connectivity index (χ0) is 14.5. The number of nitrogens with one attached hydrogen (secondary N) is 1. The second kappa shape index (κ2) is 6.15. The van der Waals surface area contributed by atoms with Crippen molar-refractivity contribution >= 4 is 17.7 Å². The molecule has 0 radical (unpaired) electrons. The first-order valence-electron chi connectivity index (χ1n) is 6.36. The Morgan fingerprint density at radius 3 is 2.40 bits per heavy atom. The molecule has 20 heavy (non-hydrogen) atoms. The van der Waals surface area contributed by atoms with Crippen LogP contribution in [0.4, 0.5) is 10.1 Å². The molecule has 102 valence electrons. The monoisotopic (exact) mass is 269 g/mol. The fraction of sp³-hybridized carbons (Fsp3) is 0.118. The van der Waals surface area contributed by atoms with Gasteiger partial charge in [0.25, 0.3) is 0 Å². The van der Waals surface area contributed by atoms with Gasteiger partial charge >= 0.3 is 0 Å². The molecule has 2 nitrogen and oxygen atoms in total. The Hall–Kier alpha value is -2.42. The van der Waals surface area contributed by atoms with E-state index in [4.69, 9.17) is 0 Å². The first-order chi connectivity index (χ1) is 9.54. The number of amides is 1. The summed E-state index contributed by atoms with van der Waals surface area (Å²) in [6, 6.07) is 12.1. The SMILES string of the molecule is Cc1cc(C)cc(NC(=O)/C=C/c2ccccc2F)c1. The molecule has 0 saturated carbocycles. The van der Waals surface area contributed by atoms with Crippen LogP contribution in [0.5, 0.6) is 0 Å². The molecular formula is C17H16FNO. The molecule has 2 rings (SSSR count). The van der Waals surface area contributed by atoms with Crippen LogP contribution >= 0.6 is 0 Å². The standard InChI is InChI=1S/C17H16FNO/c1-12-9-13(2)11-15(10-12)19-17(20)8-7-14-5-3-4-6-16(14)18/h3-11H,1-2H3,(H,19,20)/b8-7+. The number of benzene rings is 2. The van der Waals surface area contributed by atoms with E-state index in [2.05, 4.69) is 5.32 Å². The lowest BCUT2D eigenvalue weighted by atomic mass is 10.1. The Morgan fingerprint density at radius 1 is 1.10 bits per heavy atom. The Bertz CT molecular complexity index is 642. The number of halogens is 1. The fourth-order valence-electron chi connectivity index (χ4n) is 2.01. The van der Waals surface area contributed by atoms with Crippen molar-refractivity contribution in [1.82, 2.24) is 0 Å². The molecule has 0 unspecified atom stereocenters. The van der Waals surface area contributed by atoms with Gasteiger partial charge in [-0.2, -0.15) is 0 Å². The molecule has 3 heteroatoms. The maximum atomic E-state index is 13.4. The average Bonchev–Trinajstić information content (AvgIpc) is 2.36. The second-order valence-electron chi connectivity index (χ2n) is 4.72. The molecule has 0 aliphatic carbocycles. The highest BCUT2D eigenvalue weighted by molar-refractivity contribution is 6.02. The number of carbonyl (C=O) groups is 1. The van der Waals surface area contributed by atoms with Gasteiger partial charge < -0.3 is 5.32 Å². The maximum Gasteiger partial charge on any atom is 0.248 e. The lowest BCUT2D eigenvalue weighted by molar-refractivity contribution is -0.111. The molecule has 2 aromatic rings. The largest absolute Gasteiger partial charge is 0.322 e. The van der Waals surface area contributed by atoms with Crippen molar-refractivity contribution in [2.45, 2.75) is 13.8 Å². The van der Waals surface area contributed by atoms with Gasteiger partial charge in [0.05, 0.1) is 0 Å². The van der Waals surface area contributed by atoms with Crippen LogP contribution in [0.2, 0.25) is 0 Å². The summed E-state index contributed by atoms with van der Waals surface area (Å²) in [4.78, 5) is 11.8. The summed E-state index contributed by atoms with van der Waals surface area (Å²) in [6.45, 7) is 3.94. The van der Waals surface area contributed by atoms with Crippen molar-refractivity contribution in [2.24, 2.45) is 0 Å². The summed E-state index contributed by atoms with van der Waals surface area (Å²) in [5.41, 5.74) is 3.30. The predicted molar refractivity (Wildman–Crippen MR) is 80.0 cm³/mol. The highest BCUT2D eigenvalue weighted by Gasteiger charge is 2.01. The average molecular weight is 269 g/mol. The molecule has 1 amide bonds. The van der Waals surface area contributed by atoms with Crippen LogP contribution in [0.1, 0.15) is 16.7 Å². The van der Waals surface area contributed by atoms with Crippen LogP contribution in [0.3, 0.4) is 0 Å². The zero-order valence-corrected chi connectivity index (χ0v) is 11.5. The van der Waals surface area contributed by atoms with E-state index >= 15 is 0 Å². The minimum atomic E-state index is -0.344. The summed E-state index contributed by atoms with van der Waals surface area (Å²) < 4.78 is 13.4. The number of aryl methyl sites for hydroxylation is 2. The Labute approximate surface area is 118 Å². The minimum Gasteiger partial charge on any atom is -0.322 e. The Morgan fingerprint density at radius 2 is 1.75 bits per heavy atom. The van der Waals surface area contributed by atoms with Gasteiger partial charge in [-0.1, -0.05) is 24.3 Å².